The predicted molar refractivity (Wildman–Crippen MR) is 97.9 cm³/mol. The van der Waals surface area contributed by atoms with E-state index in [1.807, 2.05) is 35.2 Å². The highest BCUT2D eigenvalue weighted by molar-refractivity contribution is 5.85. The monoisotopic (exact) mass is 356 g/mol. The van der Waals surface area contributed by atoms with Crippen molar-refractivity contribution in [3.05, 3.63) is 30.3 Å². The molecule has 1 N–H and O–H groups in total. The maximum absolute atomic E-state index is 12.1. The van der Waals surface area contributed by atoms with Crippen molar-refractivity contribution in [1.82, 2.24) is 10.2 Å². The van der Waals surface area contributed by atoms with Crippen molar-refractivity contribution in [3.8, 4) is 5.75 Å². The normalized spacial score (nSPS) is 15.0. The molecule has 0 spiro atoms. The standard InChI is InChI=1S/C18H28N2O3.ClH/c1-2-19-14-16-8-10-20(11-9-16)18(21)15-22-12-13-23-17-6-4-3-5-7-17;/h3-7,16,19H,2,8-15H2,1H3;1H. The highest BCUT2D eigenvalue weighted by Crippen LogP contribution is 2.16. The molecule has 0 aromatic heterocycles. The molecule has 0 aliphatic carbocycles. The minimum atomic E-state index is 0. The molecule has 1 saturated heterocycles. The van der Waals surface area contributed by atoms with Gasteiger partial charge in [-0.2, -0.15) is 0 Å². The Bertz CT molecular complexity index is 451. The highest BCUT2D eigenvalue weighted by Gasteiger charge is 2.22. The van der Waals surface area contributed by atoms with Gasteiger partial charge in [-0.3, -0.25) is 4.79 Å². The predicted octanol–water partition coefficient (Wildman–Crippen LogP) is 2.35. The third-order valence-corrected chi connectivity index (χ3v) is 4.12. The molecule has 1 aromatic carbocycles. The number of carbonyl (C=O) groups is 1. The number of rotatable bonds is 9. The smallest absolute Gasteiger partial charge is 0.248 e. The van der Waals surface area contributed by atoms with E-state index in [9.17, 15) is 4.79 Å². The van der Waals surface area contributed by atoms with Gasteiger partial charge in [0.2, 0.25) is 5.91 Å². The third kappa shape index (κ3) is 7.51. The van der Waals surface area contributed by atoms with Crippen LogP contribution in [0.5, 0.6) is 5.75 Å². The summed E-state index contributed by atoms with van der Waals surface area (Å²) in [6.07, 6.45) is 2.16. The summed E-state index contributed by atoms with van der Waals surface area (Å²) in [5.41, 5.74) is 0. The fourth-order valence-electron chi connectivity index (χ4n) is 2.72. The average Bonchev–Trinajstić information content (AvgIpc) is 2.61. The first-order chi connectivity index (χ1) is 11.3. The fraction of sp³-hybridized carbons (Fsp3) is 0.611. The molecule has 1 aliphatic heterocycles. The number of halogens is 1. The van der Waals surface area contributed by atoms with Crippen LogP contribution in [0.1, 0.15) is 19.8 Å². The van der Waals surface area contributed by atoms with Crippen LogP contribution < -0.4 is 10.1 Å². The lowest BCUT2D eigenvalue weighted by molar-refractivity contribution is -0.137. The minimum absolute atomic E-state index is 0. The zero-order valence-corrected chi connectivity index (χ0v) is 15.2. The van der Waals surface area contributed by atoms with Gasteiger partial charge < -0.3 is 19.7 Å². The first kappa shape index (κ1) is 20.7. The Morgan fingerprint density at radius 1 is 1.21 bits per heavy atom. The molecule has 1 fully saturated rings. The fourth-order valence-corrected chi connectivity index (χ4v) is 2.72. The number of likely N-dealkylation sites (tertiary alicyclic amines) is 1. The number of benzene rings is 1. The van der Waals surface area contributed by atoms with Crippen molar-refractivity contribution in [2.75, 3.05) is 46.0 Å². The molecule has 1 aliphatic rings. The van der Waals surface area contributed by atoms with Gasteiger partial charge in [-0.05, 0) is 44.0 Å². The van der Waals surface area contributed by atoms with E-state index in [1.165, 1.54) is 0 Å². The van der Waals surface area contributed by atoms with Gasteiger partial charge in [-0.15, -0.1) is 12.4 Å². The molecule has 1 aromatic rings. The second kappa shape index (κ2) is 12.1. The summed E-state index contributed by atoms with van der Waals surface area (Å²) in [6, 6.07) is 9.62. The highest BCUT2D eigenvalue weighted by atomic mass is 35.5. The molecule has 6 heteroatoms. The van der Waals surface area contributed by atoms with Crippen molar-refractivity contribution in [3.63, 3.8) is 0 Å². The van der Waals surface area contributed by atoms with Crippen LogP contribution in [0, 0.1) is 5.92 Å². The number of nitrogens with one attached hydrogen (secondary N) is 1. The van der Waals surface area contributed by atoms with E-state index in [0.717, 1.165) is 44.8 Å². The van der Waals surface area contributed by atoms with E-state index in [0.29, 0.717) is 19.1 Å². The first-order valence-corrected chi connectivity index (χ1v) is 8.53. The number of para-hydroxylation sites is 1. The van der Waals surface area contributed by atoms with Gasteiger partial charge in [-0.25, -0.2) is 0 Å². The van der Waals surface area contributed by atoms with Crippen LogP contribution in [-0.2, 0) is 9.53 Å². The summed E-state index contributed by atoms with van der Waals surface area (Å²) in [6.45, 7) is 6.93. The maximum atomic E-state index is 12.1. The molecule has 5 nitrogen and oxygen atoms in total. The lowest BCUT2D eigenvalue weighted by Gasteiger charge is -2.32. The Balaban J connectivity index is 0.00000288. The van der Waals surface area contributed by atoms with Gasteiger partial charge in [-0.1, -0.05) is 25.1 Å². The van der Waals surface area contributed by atoms with E-state index in [1.54, 1.807) is 0 Å². The van der Waals surface area contributed by atoms with Crippen molar-refractivity contribution in [2.24, 2.45) is 5.92 Å². The van der Waals surface area contributed by atoms with Crippen LogP contribution >= 0.6 is 12.4 Å². The number of piperidine rings is 1. The topological polar surface area (TPSA) is 50.8 Å². The Hall–Kier alpha value is -1.30. The molecule has 1 heterocycles. The molecule has 136 valence electrons. The van der Waals surface area contributed by atoms with Crippen LogP contribution in [0.25, 0.3) is 0 Å². The van der Waals surface area contributed by atoms with Crippen LogP contribution in [0.2, 0.25) is 0 Å². The van der Waals surface area contributed by atoms with E-state index < -0.39 is 0 Å². The molecule has 0 atom stereocenters. The summed E-state index contributed by atoms with van der Waals surface area (Å²) < 4.78 is 11.0. The van der Waals surface area contributed by atoms with Crippen molar-refractivity contribution < 1.29 is 14.3 Å². The lowest BCUT2D eigenvalue weighted by Crippen LogP contribution is -2.42. The minimum Gasteiger partial charge on any atom is -0.491 e. The van der Waals surface area contributed by atoms with Gasteiger partial charge in [0.05, 0.1) is 6.61 Å². The SMILES string of the molecule is CCNCC1CCN(C(=O)COCCOc2ccccc2)CC1.Cl. The number of hydrogen-bond donors (Lipinski definition) is 1. The summed E-state index contributed by atoms with van der Waals surface area (Å²) >= 11 is 0. The van der Waals surface area contributed by atoms with Gasteiger partial charge in [0.25, 0.3) is 0 Å². The van der Waals surface area contributed by atoms with E-state index in [4.69, 9.17) is 9.47 Å². The average molecular weight is 357 g/mol. The Morgan fingerprint density at radius 2 is 1.92 bits per heavy atom. The Kier molecular flexibility index (Phi) is 10.5. The number of amides is 1. The van der Waals surface area contributed by atoms with Crippen LogP contribution in [0.3, 0.4) is 0 Å². The number of hydrogen-bond acceptors (Lipinski definition) is 4. The summed E-state index contributed by atoms with van der Waals surface area (Å²) in [5.74, 6) is 1.61. The number of carbonyl (C=O) groups excluding carboxylic acids is 1. The summed E-state index contributed by atoms with van der Waals surface area (Å²) in [7, 11) is 0. The van der Waals surface area contributed by atoms with Crippen LogP contribution in [-0.4, -0.2) is 56.8 Å². The van der Waals surface area contributed by atoms with Crippen molar-refractivity contribution in [2.45, 2.75) is 19.8 Å². The second-order valence-electron chi connectivity index (χ2n) is 5.85. The molecular weight excluding hydrogens is 328 g/mol. The zero-order chi connectivity index (χ0) is 16.3. The van der Waals surface area contributed by atoms with E-state index in [2.05, 4.69) is 12.2 Å². The molecule has 0 saturated carbocycles. The summed E-state index contributed by atoms with van der Waals surface area (Å²) in [5, 5.41) is 3.38. The molecular formula is C18H29ClN2O3. The van der Waals surface area contributed by atoms with Gasteiger partial charge in [0, 0.05) is 13.1 Å². The summed E-state index contributed by atoms with van der Waals surface area (Å²) in [4.78, 5) is 14.0. The maximum Gasteiger partial charge on any atom is 0.248 e. The van der Waals surface area contributed by atoms with Gasteiger partial charge in [0.1, 0.15) is 19.0 Å². The van der Waals surface area contributed by atoms with Crippen LogP contribution in [0.4, 0.5) is 0 Å². The Morgan fingerprint density at radius 3 is 2.58 bits per heavy atom. The molecule has 24 heavy (non-hydrogen) atoms. The van der Waals surface area contributed by atoms with Gasteiger partial charge in [0.15, 0.2) is 0 Å². The van der Waals surface area contributed by atoms with Crippen molar-refractivity contribution >= 4 is 18.3 Å². The van der Waals surface area contributed by atoms with E-state index >= 15 is 0 Å². The largest absolute Gasteiger partial charge is 0.491 e. The van der Waals surface area contributed by atoms with E-state index in [-0.39, 0.29) is 24.9 Å². The van der Waals surface area contributed by atoms with Crippen LogP contribution in [0.15, 0.2) is 30.3 Å². The Labute approximate surface area is 151 Å². The molecule has 1 amide bonds. The molecule has 0 bridgehead atoms. The zero-order valence-electron chi connectivity index (χ0n) is 14.4. The molecule has 2 rings (SSSR count). The second-order valence-corrected chi connectivity index (χ2v) is 5.85. The van der Waals surface area contributed by atoms with Gasteiger partial charge >= 0.3 is 0 Å². The number of ether oxygens (including phenoxy) is 2. The first-order valence-electron chi connectivity index (χ1n) is 8.53. The third-order valence-electron chi connectivity index (χ3n) is 4.12. The lowest BCUT2D eigenvalue weighted by atomic mass is 9.97. The number of nitrogens with zero attached hydrogens (tertiary/aromatic N) is 1. The quantitative estimate of drug-likeness (QED) is 0.690. The molecule has 0 unspecified atom stereocenters. The molecule has 0 radical (unpaired) electrons. The van der Waals surface area contributed by atoms with Crippen molar-refractivity contribution in [1.29, 1.82) is 0 Å².